The van der Waals surface area contributed by atoms with Crippen LogP contribution >= 0.6 is 0 Å². The van der Waals surface area contributed by atoms with Crippen molar-refractivity contribution in [2.75, 3.05) is 13.7 Å². The minimum Gasteiger partial charge on any atom is -0.481 e. The number of carboxylic acid groups (broad SMARTS) is 1. The Balaban J connectivity index is 2.34. The molecule has 6 nitrogen and oxygen atoms in total. The number of carbonyl (C=O) groups is 2. The topological polar surface area (TPSA) is 87.7 Å². The van der Waals surface area contributed by atoms with E-state index < -0.39 is 11.4 Å². The lowest BCUT2D eigenvalue weighted by Gasteiger charge is -2.35. The van der Waals surface area contributed by atoms with Crippen molar-refractivity contribution in [3.63, 3.8) is 0 Å². The molecule has 0 saturated heterocycles. The first-order valence-electron chi connectivity index (χ1n) is 6.78. The summed E-state index contributed by atoms with van der Waals surface area (Å²) in [5.41, 5.74) is -0.869. The standard InChI is InChI=1S/C13H24N2O4/c1-4-13(5-2,11(16)17)8-14-12(18)15-9-6-10(7-9)19-3/h9-10H,4-8H2,1-3H3,(H,16,17)(H2,14,15,18). The van der Waals surface area contributed by atoms with Crippen LogP contribution in [0.3, 0.4) is 0 Å². The van der Waals surface area contributed by atoms with Crippen LogP contribution in [0.5, 0.6) is 0 Å². The van der Waals surface area contributed by atoms with Crippen LogP contribution in [0, 0.1) is 5.41 Å². The monoisotopic (exact) mass is 272 g/mol. The molecule has 0 bridgehead atoms. The van der Waals surface area contributed by atoms with Gasteiger partial charge in [-0.25, -0.2) is 4.79 Å². The van der Waals surface area contributed by atoms with Crippen molar-refractivity contribution in [2.24, 2.45) is 5.41 Å². The average molecular weight is 272 g/mol. The Labute approximate surface area is 113 Å². The van der Waals surface area contributed by atoms with E-state index in [2.05, 4.69) is 10.6 Å². The zero-order chi connectivity index (χ0) is 14.5. The Morgan fingerprint density at radius 1 is 1.32 bits per heavy atom. The number of carbonyl (C=O) groups excluding carboxylic acids is 1. The molecule has 0 aromatic rings. The number of urea groups is 1. The lowest BCUT2D eigenvalue weighted by molar-refractivity contribution is -0.149. The molecule has 1 aliphatic rings. The van der Waals surface area contributed by atoms with Crippen LogP contribution in [-0.4, -0.2) is 42.9 Å². The SMILES string of the molecule is CCC(CC)(CNC(=O)NC1CC(OC)C1)C(=O)O. The third-order valence-corrected chi connectivity index (χ3v) is 4.16. The fourth-order valence-corrected chi connectivity index (χ4v) is 2.24. The van der Waals surface area contributed by atoms with E-state index in [1.807, 2.05) is 13.8 Å². The van der Waals surface area contributed by atoms with Gasteiger partial charge in [-0.1, -0.05) is 13.8 Å². The molecule has 0 atom stereocenters. The third kappa shape index (κ3) is 3.83. The molecule has 1 aliphatic carbocycles. The molecule has 0 aliphatic heterocycles. The molecule has 0 spiro atoms. The van der Waals surface area contributed by atoms with Crippen LogP contribution in [0.25, 0.3) is 0 Å². The Morgan fingerprint density at radius 3 is 2.32 bits per heavy atom. The van der Waals surface area contributed by atoms with E-state index in [0.717, 1.165) is 12.8 Å². The molecule has 0 radical (unpaired) electrons. The molecule has 3 N–H and O–H groups in total. The lowest BCUT2D eigenvalue weighted by Crippen LogP contribution is -2.53. The van der Waals surface area contributed by atoms with E-state index in [4.69, 9.17) is 4.74 Å². The molecule has 0 heterocycles. The van der Waals surface area contributed by atoms with Crippen LogP contribution in [0.2, 0.25) is 0 Å². The number of carboxylic acids is 1. The summed E-state index contributed by atoms with van der Waals surface area (Å²) in [6.07, 6.45) is 2.85. The molecule has 6 heteroatoms. The highest BCUT2D eigenvalue weighted by atomic mass is 16.5. The molecule has 0 aromatic carbocycles. The zero-order valence-electron chi connectivity index (χ0n) is 11.9. The summed E-state index contributed by atoms with van der Waals surface area (Å²) in [5.74, 6) is -0.860. The highest BCUT2D eigenvalue weighted by Gasteiger charge is 2.36. The lowest BCUT2D eigenvalue weighted by atomic mass is 9.82. The van der Waals surface area contributed by atoms with E-state index in [-0.39, 0.29) is 24.7 Å². The Morgan fingerprint density at radius 2 is 1.89 bits per heavy atom. The second-order valence-electron chi connectivity index (χ2n) is 5.15. The van der Waals surface area contributed by atoms with Gasteiger partial charge in [0, 0.05) is 19.7 Å². The maximum Gasteiger partial charge on any atom is 0.315 e. The Bertz CT molecular complexity index is 323. The van der Waals surface area contributed by atoms with Gasteiger partial charge in [-0.05, 0) is 25.7 Å². The molecule has 0 aromatic heterocycles. The van der Waals surface area contributed by atoms with Gasteiger partial charge in [-0.15, -0.1) is 0 Å². The summed E-state index contributed by atoms with van der Waals surface area (Å²) in [7, 11) is 1.66. The van der Waals surface area contributed by atoms with Gasteiger partial charge in [0.25, 0.3) is 0 Å². The van der Waals surface area contributed by atoms with Crippen LogP contribution in [0.15, 0.2) is 0 Å². The number of aliphatic carboxylic acids is 1. The van der Waals surface area contributed by atoms with Crippen LogP contribution in [-0.2, 0) is 9.53 Å². The number of nitrogens with one attached hydrogen (secondary N) is 2. The molecular formula is C13H24N2O4. The van der Waals surface area contributed by atoms with Crippen molar-refractivity contribution in [1.29, 1.82) is 0 Å². The van der Waals surface area contributed by atoms with Crippen molar-refractivity contribution in [2.45, 2.75) is 51.7 Å². The number of rotatable bonds is 7. The second kappa shape index (κ2) is 6.75. The maximum absolute atomic E-state index is 11.7. The van der Waals surface area contributed by atoms with E-state index in [1.54, 1.807) is 7.11 Å². The van der Waals surface area contributed by atoms with Gasteiger partial charge < -0.3 is 20.5 Å². The number of methoxy groups -OCH3 is 1. The summed E-state index contributed by atoms with van der Waals surface area (Å²) in [6, 6.07) is -0.167. The van der Waals surface area contributed by atoms with Crippen molar-refractivity contribution in [3.05, 3.63) is 0 Å². The van der Waals surface area contributed by atoms with Gasteiger partial charge >= 0.3 is 12.0 Å². The van der Waals surface area contributed by atoms with Gasteiger partial charge in [0.2, 0.25) is 0 Å². The molecule has 0 unspecified atom stereocenters. The largest absolute Gasteiger partial charge is 0.481 e. The quantitative estimate of drug-likeness (QED) is 0.653. The van der Waals surface area contributed by atoms with E-state index in [1.165, 1.54) is 0 Å². The number of amides is 2. The fourth-order valence-electron chi connectivity index (χ4n) is 2.24. The fraction of sp³-hybridized carbons (Fsp3) is 0.846. The van der Waals surface area contributed by atoms with Crippen molar-refractivity contribution in [3.8, 4) is 0 Å². The third-order valence-electron chi connectivity index (χ3n) is 4.16. The highest BCUT2D eigenvalue weighted by molar-refractivity contribution is 5.78. The summed E-state index contributed by atoms with van der Waals surface area (Å²) in [4.78, 5) is 23.0. The smallest absolute Gasteiger partial charge is 0.315 e. The second-order valence-corrected chi connectivity index (χ2v) is 5.15. The minimum absolute atomic E-state index is 0.132. The van der Waals surface area contributed by atoms with Crippen molar-refractivity contribution >= 4 is 12.0 Å². The van der Waals surface area contributed by atoms with E-state index >= 15 is 0 Å². The normalized spacial score (nSPS) is 22.5. The van der Waals surface area contributed by atoms with Gasteiger partial charge in [0.15, 0.2) is 0 Å². The Hall–Kier alpha value is -1.30. The molecule has 2 amide bonds. The zero-order valence-corrected chi connectivity index (χ0v) is 11.9. The van der Waals surface area contributed by atoms with Gasteiger partial charge in [0.1, 0.15) is 0 Å². The van der Waals surface area contributed by atoms with E-state index in [9.17, 15) is 14.7 Å². The number of hydrogen-bond acceptors (Lipinski definition) is 3. The average Bonchev–Trinajstić information content (AvgIpc) is 2.34. The maximum atomic E-state index is 11.7. The first kappa shape index (κ1) is 15.8. The number of ether oxygens (including phenoxy) is 1. The molecule has 1 fully saturated rings. The first-order valence-corrected chi connectivity index (χ1v) is 6.78. The van der Waals surface area contributed by atoms with Gasteiger partial charge in [0.05, 0.1) is 11.5 Å². The summed E-state index contributed by atoms with van der Waals surface area (Å²) < 4.78 is 5.13. The van der Waals surface area contributed by atoms with Gasteiger partial charge in [-0.3, -0.25) is 4.79 Å². The van der Waals surface area contributed by atoms with Crippen LogP contribution in [0.1, 0.15) is 39.5 Å². The predicted octanol–water partition coefficient (Wildman–Crippen LogP) is 1.35. The molecule has 19 heavy (non-hydrogen) atoms. The van der Waals surface area contributed by atoms with Crippen LogP contribution in [0.4, 0.5) is 4.79 Å². The van der Waals surface area contributed by atoms with Crippen molar-refractivity contribution < 1.29 is 19.4 Å². The number of hydrogen-bond donors (Lipinski definition) is 3. The molecule has 1 saturated carbocycles. The van der Waals surface area contributed by atoms with Crippen molar-refractivity contribution in [1.82, 2.24) is 10.6 Å². The minimum atomic E-state index is -0.869. The molecule has 110 valence electrons. The highest BCUT2D eigenvalue weighted by Crippen LogP contribution is 2.26. The predicted molar refractivity (Wildman–Crippen MR) is 71.0 cm³/mol. The Kier molecular flexibility index (Phi) is 5.60. The first-order chi connectivity index (χ1) is 8.97. The van der Waals surface area contributed by atoms with Crippen LogP contribution < -0.4 is 10.6 Å². The summed E-state index contributed by atoms with van der Waals surface area (Å²) in [5, 5.41) is 14.7. The summed E-state index contributed by atoms with van der Waals surface area (Å²) >= 11 is 0. The van der Waals surface area contributed by atoms with E-state index in [0.29, 0.717) is 12.8 Å². The summed E-state index contributed by atoms with van der Waals surface area (Å²) in [6.45, 7) is 3.81. The molecule has 1 rings (SSSR count). The molecular weight excluding hydrogens is 248 g/mol. The van der Waals surface area contributed by atoms with Gasteiger partial charge in [-0.2, -0.15) is 0 Å².